The van der Waals surface area contributed by atoms with Crippen LogP contribution >= 0.6 is 0 Å². The number of ether oxygens (including phenoxy) is 1. The molecule has 1 saturated heterocycles. The van der Waals surface area contributed by atoms with Crippen molar-refractivity contribution in [1.82, 2.24) is 4.90 Å². The zero-order valence-corrected chi connectivity index (χ0v) is 18.7. The number of amides is 3. The first kappa shape index (κ1) is 22.1. The van der Waals surface area contributed by atoms with Gasteiger partial charge in [0.2, 0.25) is 5.91 Å². The van der Waals surface area contributed by atoms with E-state index in [1.807, 2.05) is 42.5 Å². The van der Waals surface area contributed by atoms with E-state index in [1.165, 1.54) is 4.90 Å². The van der Waals surface area contributed by atoms with Crippen LogP contribution in [0.25, 0.3) is 0 Å². The highest BCUT2D eigenvalue weighted by Gasteiger charge is 2.46. The number of benzene rings is 2. The van der Waals surface area contributed by atoms with Gasteiger partial charge in [0, 0.05) is 6.04 Å². The highest BCUT2D eigenvalue weighted by molar-refractivity contribution is 6.23. The molecule has 1 saturated carbocycles. The molecule has 1 unspecified atom stereocenters. The van der Waals surface area contributed by atoms with Gasteiger partial charge in [-0.05, 0) is 48.6 Å². The van der Waals surface area contributed by atoms with Gasteiger partial charge in [-0.2, -0.15) is 0 Å². The first-order valence-electron chi connectivity index (χ1n) is 11.4. The molecular formula is C26H30N2O4. The Hall–Kier alpha value is -3.15. The van der Waals surface area contributed by atoms with Crippen LogP contribution in [0, 0.1) is 0 Å². The van der Waals surface area contributed by atoms with E-state index in [-0.39, 0.29) is 36.8 Å². The van der Waals surface area contributed by atoms with E-state index in [2.05, 4.69) is 13.8 Å². The lowest BCUT2D eigenvalue weighted by Gasteiger charge is -2.33. The smallest absolute Gasteiger partial charge is 0.261 e. The highest BCUT2D eigenvalue weighted by Crippen LogP contribution is 2.32. The van der Waals surface area contributed by atoms with Gasteiger partial charge >= 0.3 is 0 Å². The van der Waals surface area contributed by atoms with Crippen LogP contribution in [0.3, 0.4) is 0 Å². The molecule has 1 atom stereocenters. The molecule has 1 heterocycles. The van der Waals surface area contributed by atoms with Gasteiger partial charge < -0.3 is 9.64 Å². The molecule has 0 spiro atoms. The highest BCUT2D eigenvalue weighted by atomic mass is 16.5. The van der Waals surface area contributed by atoms with E-state index in [9.17, 15) is 14.4 Å². The maximum Gasteiger partial charge on any atom is 0.261 e. The van der Waals surface area contributed by atoms with Crippen LogP contribution in [0.1, 0.15) is 57.4 Å². The molecule has 2 fully saturated rings. The van der Waals surface area contributed by atoms with Crippen LogP contribution in [0.4, 0.5) is 5.69 Å². The molecule has 1 aliphatic carbocycles. The van der Waals surface area contributed by atoms with E-state index in [0.717, 1.165) is 31.2 Å². The molecular weight excluding hydrogens is 404 g/mol. The minimum atomic E-state index is -0.776. The van der Waals surface area contributed by atoms with Crippen LogP contribution in [0.15, 0.2) is 54.6 Å². The Morgan fingerprint density at radius 3 is 2.31 bits per heavy atom. The molecule has 2 aliphatic rings. The quantitative estimate of drug-likeness (QED) is 0.610. The molecule has 0 aromatic heterocycles. The molecule has 3 amide bonds. The Bertz CT molecular complexity index is 965. The zero-order chi connectivity index (χ0) is 22.7. The lowest BCUT2D eigenvalue weighted by Crippen LogP contribution is -2.51. The lowest BCUT2D eigenvalue weighted by atomic mass is 10.0. The van der Waals surface area contributed by atoms with Crippen LogP contribution in [0.2, 0.25) is 0 Å². The summed E-state index contributed by atoms with van der Waals surface area (Å²) in [5.74, 6) is 0.128. The minimum Gasteiger partial charge on any atom is -0.484 e. The third-order valence-corrected chi connectivity index (χ3v) is 6.39. The predicted octanol–water partition coefficient (Wildman–Crippen LogP) is 4.29. The Labute approximate surface area is 189 Å². The summed E-state index contributed by atoms with van der Waals surface area (Å²) in [4.78, 5) is 42.4. The number of carbonyl (C=O) groups is 3. The molecule has 1 aliphatic heterocycles. The number of imide groups is 1. The molecule has 0 bridgehead atoms. The Morgan fingerprint density at radius 2 is 1.69 bits per heavy atom. The monoisotopic (exact) mass is 434 g/mol. The Morgan fingerprint density at radius 1 is 1.03 bits per heavy atom. The summed E-state index contributed by atoms with van der Waals surface area (Å²) in [6, 6.07) is 15.9. The summed E-state index contributed by atoms with van der Waals surface area (Å²) in [5, 5.41) is 0. The molecule has 2 aromatic carbocycles. The van der Waals surface area contributed by atoms with Crippen LogP contribution in [-0.4, -0.2) is 41.3 Å². The number of nitrogens with zero attached hydrogens (tertiary/aromatic N) is 2. The fourth-order valence-electron chi connectivity index (χ4n) is 4.66. The Kier molecular flexibility index (Phi) is 6.58. The van der Waals surface area contributed by atoms with E-state index < -0.39 is 6.04 Å². The van der Waals surface area contributed by atoms with Gasteiger partial charge in [-0.25, -0.2) is 4.90 Å². The van der Waals surface area contributed by atoms with Gasteiger partial charge in [-0.1, -0.05) is 57.0 Å². The van der Waals surface area contributed by atoms with Gasteiger partial charge in [-0.3, -0.25) is 14.4 Å². The topological polar surface area (TPSA) is 66.9 Å². The van der Waals surface area contributed by atoms with Gasteiger partial charge in [-0.15, -0.1) is 0 Å². The van der Waals surface area contributed by atoms with E-state index in [0.29, 0.717) is 17.4 Å². The summed E-state index contributed by atoms with van der Waals surface area (Å²) < 4.78 is 5.68. The largest absolute Gasteiger partial charge is 0.484 e. The normalized spacial score (nSPS) is 19.1. The number of anilines is 1. The second kappa shape index (κ2) is 9.55. The molecule has 32 heavy (non-hydrogen) atoms. The van der Waals surface area contributed by atoms with E-state index >= 15 is 0 Å². The Balaban J connectivity index is 1.54. The van der Waals surface area contributed by atoms with Crippen molar-refractivity contribution in [2.45, 2.75) is 64.0 Å². The van der Waals surface area contributed by atoms with Crippen LogP contribution < -0.4 is 9.64 Å². The molecule has 6 heteroatoms. The molecule has 6 nitrogen and oxygen atoms in total. The average Bonchev–Trinajstić information content (AvgIpc) is 3.42. The standard InChI is InChI=1S/C26H30N2O4/c1-18(2)19-12-14-21(15-13-19)28-24(29)16-23(26(28)31)27(20-8-6-7-9-20)25(30)17-32-22-10-4-3-5-11-22/h3-5,10-15,18,20,23H,6-9,16-17H2,1-2H3. The number of para-hydroxylation sites is 1. The van der Waals surface area contributed by atoms with Gasteiger partial charge in [0.15, 0.2) is 6.61 Å². The van der Waals surface area contributed by atoms with Gasteiger partial charge in [0.25, 0.3) is 11.8 Å². The van der Waals surface area contributed by atoms with Crippen molar-refractivity contribution in [3.8, 4) is 5.75 Å². The summed E-state index contributed by atoms with van der Waals surface area (Å²) in [7, 11) is 0. The van der Waals surface area contributed by atoms with Crippen molar-refractivity contribution < 1.29 is 19.1 Å². The molecule has 168 valence electrons. The van der Waals surface area contributed by atoms with E-state index in [4.69, 9.17) is 4.74 Å². The second-order valence-electron chi connectivity index (χ2n) is 8.87. The summed E-state index contributed by atoms with van der Waals surface area (Å²) in [6.07, 6.45) is 3.74. The number of hydrogen-bond acceptors (Lipinski definition) is 4. The predicted molar refractivity (Wildman–Crippen MR) is 122 cm³/mol. The van der Waals surface area contributed by atoms with Crippen molar-refractivity contribution in [2.24, 2.45) is 0 Å². The summed E-state index contributed by atoms with van der Waals surface area (Å²) >= 11 is 0. The fourth-order valence-corrected chi connectivity index (χ4v) is 4.66. The van der Waals surface area contributed by atoms with E-state index in [1.54, 1.807) is 17.0 Å². The third-order valence-electron chi connectivity index (χ3n) is 6.39. The maximum absolute atomic E-state index is 13.4. The van der Waals surface area contributed by atoms with Crippen molar-refractivity contribution in [2.75, 3.05) is 11.5 Å². The fraction of sp³-hybridized carbons (Fsp3) is 0.423. The third kappa shape index (κ3) is 4.54. The molecule has 2 aromatic rings. The SMILES string of the molecule is CC(C)c1ccc(N2C(=O)CC(N(C(=O)COc3ccccc3)C3CCCC3)C2=O)cc1. The minimum absolute atomic E-state index is 0.0122. The van der Waals surface area contributed by atoms with Crippen LogP contribution in [-0.2, 0) is 14.4 Å². The summed E-state index contributed by atoms with van der Waals surface area (Å²) in [5.41, 5.74) is 1.71. The van der Waals surface area contributed by atoms with Gasteiger partial charge in [0.1, 0.15) is 11.8 Å². The summed E-state index contributed by atoms with van der Waals surface area (Å²) in [6.45, 7) is 4.04. The first-order chi connectivity index (χ1) is 15.5. The lowest BCUT2D eigenvalue weighted by molar-refractivity contribution is -0.142. The van der Waals surface area contributed by atoms with Gasteiger partial charge in [0.05, 0.1) is 12.1 Å². The first-order valence-corrected chi connectivity index (χ1v) is 11.4. The molecule has 0 N–H and O–H groups in total. The average molecular weight is 435 g/mol. The second-order valence-corrected chi connectivity index (χ2v) is 8.87. The molecule has 4 rings (SSSR count). The van der Waals surface area contributed by atoms with Crippen LogP contribution in [0.5, 0.6) is 5.75 Å². The zero-order valence-electron chi connectivity index (χ0n) is 18.7. The van der Waals surface area contributed by atoms with Crippen molar-refractivity contribution in [1.29, 1.82) is 0 Å². The van der Waals surface area contributed by atoms with Crippen molar-refractivity contribution in [3.63, 3.8) is 0 Å². The number of rotatable bonds is 7. The number of carbonyl (C=O) groups excluding carboxylic acids is 3. The molecule has 0 radical (unpaired) electrons. The van der Waals surface area contributed by atoms with Crippen molar-refractivity contribution in [3.05, 3.63) is 60.2 Å². The maximum atomic E-state index is 13.4. The number of hydrogen-bond donors (Lipinski definition) is 0. The van der Waals surface area contributed by atoms with Crippen molar-refractivity contribution >= 4 is 23.4 Å².